The molecule has 2 amide bonds. The van der Waals surface area contributed by atoms with E-state index in [1.165, 1.54) is 6.42 Å². The Hall–Kier alpha value is -2.26. The molecule has 3 fully saturated rings. The number of rotatable bonds is 7. The molecule has 0 aromatic carbocycles. The summed E-state index contributed by atoms with van der Waals surface area (Å²) in [5.74, 6) is 1.32. The van der Waals surface area contributed by atoms with Gasteiger partial charge in [0.05, 0.1) is 31.0 Å². The number of aromatic nitrogens is 2. The number of anilines is 1. The molecule has 1 aromatic heterocycles. The van der Waals surface area contributed by atoms with Gasteiger partial charge in [-0.05, 0) is 38.1 Å². The fraction of sp³-hybridized carbons (Fsp3) is 0.739. The van der Waals surface area contributed by atoms with E-state index in [2.05, 4.69) is 27.0 Å². The first-order chi connectivity index (χ1) is 15.6. The van der Waals surface area contributed by atoms with Crippen molar-refractivity contribution in [2.75, 3.05) is 70.5 Å². The molecule has 0 radical (unpaired) electrons. The summed E-state index contributed by atoms with van der Waals surface area (Å²) in [5, 5.41) is 3.03. The van der Waals surface area contributed by atoms with Gasteiger partial charge in [-0.1, -0.05) is 6.92 Å². The summed E-state index contributed by atoms with van der Waals surface area (Å²) in [7, 11) is 0. The van der Waals surface area contributed by atoms with Crippen LogP contribution in [0.25, 0.3) is 0 Å². The van der Waals surface area contributed by atoms with E-state index in [1.807, 2.05) is 4.90 Å². The monoisotopic (exact) mass is 444 g/mol. The SMILES string of the molecule is C[C@@H]1CCCN(CC(=O)NCCc2nc(N3CCOCC3)ncc2C(=O)N2CCCC2)C1. The normalized spacial score (nSPS) is 22.2. The van der Waals surface area contributed by atoms with Crippen molar-refractivity contribution in [1.82, 2.24) is 25.1 Å². The number of likely N-dealkylation sites (tertiary alicyclic amines) is 2. The molecule has 9 heteroatoms. The standard InChI is InChI=1S/C23H36N6O3/c1-18-5-4-8-27(16-18)17-21(30)24-7-6-20-19(22(31)28-9-2-3-10-28)15-25-23(26-20)29-11-13-32-14-12-29/h15,18H,2-14,16-17H2,1H3,(H,24,30)/t18-/m1/s1. The quantitative estimate of drug-likeness (QED) is 0.669. The van der Waals surface area contributed by atoms with Gasteiger partial charge in [0.15, 0.2) is 0 Å². The van der Waals surface area contributed by atoms with Crippen molar-refractivity contribution in [3.63, 3.8) is 0 Å². The number of hydrogen-bond acceptors (Lipinski definition) is 7. The van der Waals surface area contributed by atoms with Crippen LogP contribution in [0.2, 0.25) is 0 Å². The number of carbonyl (C=O) groups excluding carboxylic acids is 2. The average molecular weight is 445 g/mol. The second kappa shape index (κ2) is 11.0. The molecule has 0 spiro atoms. The Kier molecular flexibility index (Phi) is 7.91. The van der Waals surface area contributed by atoms with Gasteiger partial charge in [0, 0.05) is 51.9 Å². The predicted octanol–water partition coefficient (Wildman–Crippen LogP) is 0.940. The number of amides is 2. The van der Waals surface area contributed by atoms with E-state index in [9.17, 15) is 9.59 Å². The van der Waals surface area contributed by atoms with Crippen LogP contribution in [0, 0.1) is 5.92 Å². The summed E-state index contributed by atoms with van der Waals surface area (Å²) in [5.41, 5.74) is 1.27. The van der Waals surface area contributed by atoms with E-state index >= 15 is 0 Å². The molecule has 3 saturated heterocycles. The molecule has 3 aliphatic heterocycles. The number of nitrogens with one attached hydrogen (secondary N) is 1. The molecule has 0 bridgehead atoms. The van der Waals surface area contributed by atoms with Gasteiger partial charge >= 0.3 is 0 Å². The third kappa shape index (κ3) is 5.95. The Balaban J connectivity index is 1.39. The van der Waals surface area contributed by atoms with Gasteiger partial charge in [0.2, 0.25) is 11.9 Å². The van der Waals surface area contributed by atoms with Gasteiger partial charge in [-0.3, -0.25) is 14.5 Å². The molecule has 32 heavy (non-hydrogen) atoms. The van der Waals surface area contributed by atoms with Crippen LogP contribution in [-0.4, -0.2) is 97.2 Å². The number of nitrogens with zero attached hydrogens (tertiary/aromatic N) is 5. The molecule has 176 valence electrons. The van der Waals surface area contributed by atoms with E-state index < -0.39 is 0 Å². The third-order valence-electron chi connectivity index (χ3n) is 6.56. The lowest BCUT2D eigenvalue weighted by Gasteiger charge is -2.30. The van der Waals surface area contributed by atoms with Gasteiger partial charge in [0.25, 0.3) is 5.91 Å². The Morgan fingerprint density at radius 3 is 2.66 bits per heavy atom. The summed E-state index contributed by atoms with van der Waals surface area (Å²) in [6.45, 7) is 9.46. The zero-order chi connectivity index (χ0) is 22.3. The Bertz CT molecular complexity index is 792. The highest BCUT2D eigenvalue weighted by molar-refractivity contribution is 5.95. The lowest BCUT2D eigenvalue weighted by molar-refractivity contribution is -0.122. The maximum atomic E-state index is 13.1. The molecule has 4 heterocycles. The van der Waals surface area contributed by atoms with Crippen LogP contribution in [0.3, 0.4) is 0 Å². The Labute approximate surface area is 190 Å². The van der Waals surface area contributed by atoms with Crippen LogP contribution in [-0.2, 0) is 16.0 Å². The molecule has 0 aliphatic carbocycles. The van der Waals surface area contributed by atoms with Gasteiger partial charge in [-0.15, -0.1) is 0 Å². The summed E-state index contributed by atoms with van der Waals surface area (Å²) >= 11 is 0. The van der Waals surface area contributed by atoms with Crippen LogP contribution in [0.4, 0.5) is 5.95 Å². The molecular formula is C23H36N6O3. The summed E-state index contributed by atoms with van der Waals surface area (Å²) in [6.07, 6.45) is 6.66. The van der Waals surface area contributed by atoms with Crippen molar-refractivity contribution in [3.05, 3.63) is 17.5 Å². The van der Waals surface area contributed by atoms with Crippen LogP contribution < -0.4 is 10.2 Å². The summed E-state index contributed by atoms with van der Waals surface area (Å²) in [6, 6.07) is 0. The highest BCUT2D eigenvalue weighted by Crippen LogP contribution is 2.19. The topological polar surface area (TPSA) is 90.9 Å². The van der Waals surface area contributed by atoms with Crippen molar-refractivity contribution in [3.8, 4) is 0 Å². The molecule has 3 aliphatic rings. The number of ether oxygens (including phenoxy) is 1. The lowest BCUT2D eigenvalue weighted by atomic mass is 10.0. The van der Waals surface area contributed by atoms with E-state index in [0.717, 1.165) is 58.5 Å². The first-order valence-electron chi connectivity index (χ1n) is 12.1. The molecule has 4 rings (SSSR count). The van der Waals surface area contributed by atoms with E-state index in [-0.39, 0.29) is 11.8 Å². The van der Waals surface area contributed by atoms with Crippen molar-refractivity contribution in [2.24, 2.45) is 5.92 Å². The van der Waals surface area contributed by atoms with Gasteiger partial charge < -0.3 is 19.9 Å². The number of carbonyl (C=O) groups is 2. The Morgan fingerprint density at radius 2 is 1.91 bits per heavy atom. The highest BCUT2D eigenvalue weighted by atomic mass is 16.5. The predicted molar refractivity (Wildman–Crippen MR) is 122 cm³/mol. The van der Waals surface area contributed by atoms with Crippen molar-refractivity contribution in [1.29, 1.82) is 0 Å². The van der Waals surface area contributed by atoms with Gasteiger partial charge in [0.1, 0.15) is 0 Å². The molecule has 1 N–H and O–H groups in total. The Morgan fingerprint density at radius 1 is 1.12 bits per heavy atom. The zero-order valence-corrected chi connectivity index (χ0v) is 19.2. The lowest BCUT2D eigenvalue weighted by Crippen LogP contribution is -2.42. The highest BCUT2D eigenvalue weighted by Gasteiger charge is 2.25. The fourth-order valence-corrected chi connectivity index (χ4v) is 4.79. The molecular weight excluding hydrogens is 408 g/mol. The molecule has 1 aromatic rings. The maximum Gasteiger partial charge on any atom is 0.257 e. The number of hydrogen-bond donors (Lipinski definition) is 1. The van der Waals surface area contributed by atoms with E-state index in [4.69, 9.17) is 9.72 Å². The molecule has 1 atom stereocenters. The summed E-state index contributed by atoms with van der Waals surface area (Å²) < 4.78 is 5.43. The number of piperidine rings is 1. The minimum absolute atomic E-state index is 0.000316. The van der Waals surface area contributed by atoms with E-state index in [1.54, 1.807) is 6.20 Å². The largest absolute Gasteiger partial charge is 0.378 e. The number of morpholine rings is 1. The zero-order valence-electron chi connectivity index (χ0n) is 19.2. The van der Waals surface area contributed by atoms with Crippen LogP contribution in [0.5, 0.6) is 0 Å². The molecule has 9 nitrogen and oxygen atoms in total. The smallest absolute Gasteiger partial charge is 0.257 e. The van der Waals surface area contributed by atoms with Crippen LogP contribution in [0.1, 0.15) is 48.7 Å². The minimum Gasteiger partial charge on any atom is -0.378 e. The first-order valence-corrected chi connectivity index (χ1v) is 12.1. The third-order valence-corrected chi connectivity index (χ3v) is 6.56. The second-order valence-corrected chi connectivity index (χ2v) is 9.21. The van der Waals surface area contributed by atoms with Crippen molar-refractivity contribution < 1.29 is 14.3 Å². The summed E-state index contributed by atoms with van der Waals surface area (Å²) in [4.78, 5) is 41.0. The molecule has 0 unspecified atom stereocenters. The maximum absolute atomic E-state index is 13.1. The first kappa shape index (κ1) is 22.9. The second-order valence-electron chi connectivity index (χ2n) is 9.21. The van der Waals surface area contributed by atoms with Gasteiger partial charge in [-0.25, -0.2) is 9.97 Å². The van der Waals surface area contributed by atoms with E-state index in [0.29, 0.717) is 55.8 Å². The fourth-order valence-electron chi connectivity index (χ4n) is 4.79. The minimum atomic E-state index is -0.000316. The van der Waals surface area contributed by atoms with Crippen molar-refractivity contribution in [2.45, 2.75) is 39.0 Å². The van der Waals surface area contributed by atoms with Crippen LogP contribution in [0.15, 0.2) is 6.20 Å². The average Bonchev–Trinajstić information content (AvgIpc) is 3.34. The van der Waals surface area contributed by atoms with Gasteiger partial charge in [-0.2, -0.15) is 0 Å². The van der Waals surface area contributed by atoms with Crippen molar-refractivity contribution >= 4 is 17.8 Å². The molecule has 0 saturated carbocycles. The van der Waals surface area contributed by atoms with Crippen LogP contribution >= 0.6 is 0 Å².